The normalized spacial score (nSPS) is 29.0. The van der Waals surface area contributed by atoms with Gasteiger partial charge in [-0.1, -0.05) is 18.6 Å². The lowest BCUT2D eigenvalue weighted by molar-refractivity contribution is 0.150. The number of hydrogen-bond acceptors (Lipinski definition) is 2. The van der Waals surface area contributed by atoms with Crippen molar-refractivity contribution in [3.8, 4) is 5.75 Å². The van der Waals surface area contributed by atoms with Crippen LogP contribution in [0.15, 0.2) is 24.3 Å². The third-order valence-corrected chi connectivity index (χ3v) is 4.35. The van der Waals surface area contributed by atoms with Crippen LogP contribution in [-0.2, 0) is 0 Å². The van der Waals surface area contributed by atoms with E-state index >= 15 is 0 Å². The Morgan fingerprint density at radius 2 is 1.88 bits per heavy atom. The summed E-state index contributed by atoms with van der Waals surface area (Å²) in [6.07, 6.45) is 6.93. The molecule has 2 atom stereocenters. The number of nitrogens with zero attached hydrogens (tertiary/aromatic N) is 1. The van der Waals surface area contributed by atoms with E-state index in [1.807, 2.05) is 0 Å². The zero-order valence-corrected chi connectivity index (χ0v) is 10.6. The molecule has 2 unspecified atom stereocenters. The summed E-state index contributed by atoms with van der Waals surface area (Å²) in [5.74, 6) is 0.960. The fourth-order valence-corrected chi connectivity index (χ4v) is 3.44. The molecule has 2 aliphatic rings. The second-order valence-corrected chi connectivity index (χ2v) is 5.25. The van der Waals surface area contributed by atoms with E-state index in [2.05, 4.69) is 29.2 Å². The highest BCUT2D eigenvalue weighted by atomic mass is 16.5. The topological polar surface area (TPSA) is 12.5 Å². The molecule has 0 bridgehead atoms. The fraction of sp³-hybridized carbons (Fsp3) is 0.600. The summed E-state index contributed by atoms with van der Waals surface area (Å²) >= 11 is 0. The van der Waals surface area contributed by atoms with Crippen LogP contribution in [0.1, 0.15) is 43.7 Å². The Bertz CT molecular complexity index is 373. The molecule has 1 aromatic carbocycles. The van der Waals surface area contributed by atoms with Gasteiger partial charge >= 0.3 is 0 Å². The van der Waals surface area contributed by atoms with Crippen molar-refractivity contribution in [3.63, 3.8) is 0 Å². The summed E-state index contributed by atoms with van der Waals surface area (Å²) in [7, 11) is 1.73. The van der Waals surface area contributed by atoms with Crippen molar-refractivity contribution < 1.29 is 4.74 Å². The van der Waals surface area contributed by atoms with Crippen LogP contribution in [0.25, 0.3) is 0 Å². The van der Waals surface area contributed by atoms with Gasteiger partial charge in [0, 0.05) is 12.1 Å². The van der Waals surface area contributed by atoms with Crippen LogP contribution < -0.4 is 4.74 Å². The maximum absolute atomic E-state index is 5.22. The monoisotopic (exact) mass is 231 g/mol. The highest BCUT2D eigenvalue weighted by Gasteiger charge is 2.35. The van der Waals surface area contributed by atoms with E-state index in [1.54, 1.807) is 7.11 Å². The van der Waals surface area contributed by atoms with Gasteiger partial charge in [0.25, 0.3) is 0 Å². The van der Waals surface area contributed by atoms with Gasteiger partial charge in [0.1, 0.15) is 5.75 Å². The average molecular weight is 231 g/mol. The molecule has 17 heavy (non-hydrogen) atoms. The van der Waals surface area contributed by atoms with Crippen LogP contribution in [0.2, 0.25) is 0 Å². The first-order chi connectivity index (χ1) is 8.38. The molecule has 1 aromatic rings. The minimum Gasteiger partial charge on any atom is -0.497 e. The van der Waals surface area contributed by atoms with Crippen molar-refractivity contribution in [2.45, 2.75) is 44.2 Å². The zero-order chi connectivity index (χ0) is 11.7. The number of benzene rings is 1. The Morgan fingerprint density at radius 3 is 2.65 bits per heavy atom. The molecule has 0 saturated carbocycles. The summed E-state index contributed by atoms with van der Waals surface area (Å²) in [6.45, 7) is 1.29. The van der Waals surface area contributed by atoms with E-state index in [-0.39, 0.29) is 0 Å². The minimum absolute atomic E-state index is 0.659. The molecule has 0 amide bonds. The first-order valence-corrected chi connectivity index (χ1v) is 6.78. The van der Waals surface area contributed by atoms with Gasteiger partial charge in [-0.15, -0.1) is 0 Å². The average Bonchev–Trinajstić information content (AvgIpc) is 2.83. The zero-order valence-electron chi connectivity index (χ0n) is 10.6. The maximum atomic E-state index is 5.22. The summed E-state index contributed by atoms with van der Waals surface area (Å²) in [4.78, 5) is 2.73. The van der Waals surface area contributed by atoms with E-state index in [0.29, 0.717) is 6.04 Å². The molecular weight excluding hydrogens is 210 g/mol. The van der Waals surface area contributed by atoms with Crippen LogP contribution in [0.3, 0.4) is 0 Å². The van der Waals surface area contributed by atoms with Crippen molar-refractivity contribution in [1.82, 2.24) is 4.90 Å². The minimum atomic E-state index is 0.659. The molecule has 0 N–H and O–H groups in total. The molecule has 0 spiro atoms. The van der Waals surface area contributed by atoms with E-state index in [4.69, 9.17) is 4.74 Å². The first kappa shape index (κ1) is 11.1. The molecule has 2 nitrogen and oxygen atoms in total. The number of ether oxygens (including phenoxy) is 1. The van der Waals surface area contributed by atoms with Gasteiger partial charge in [0.05, 0.1) is 7.11 Å². The summed E-state index contributed by atoms with van der Waals surface area (Å²) < 4.78 is 5.22. The van der Waals surface area contributed by atoms with Gasteiger partial charge in [-0.2, -0.15) is 0 Å². The molecule has 0 aliphatic carbocycles. The first-order valence-electron chi connectivity index (χ1n) is 6.78. The van der Waals surface area contributed by atoms with E-state index in [0.717, 1.165) is 11.8 Å². The maximum Gasteiger partial charge on any atom is 0.118 e. The van der Waals surface area contributed by atoms with Gasteiger partial charge in [-0.25, -0.2) is 0 Å². The van der Waals surface area contributed by atoms with E-state index in [9.17, 15) is 0 Å². The summed E-state index contributed by atoms with van der Waals surface area (Å²) in [5.41, 5.74) is 1.47. The number of hydrogen-bond donors (Lipinski definition) is 0. The van der Waals surface area contributed by atoms with Crippen LogP contribution >= 0.6 is 0 Å². The molecule has 2 fully saturated rings. The van der Waals surface area contributed by atoms with Crippen LogP contribution in [0.4, 0.5) is 0 Å². The second kappa shape index (κ2) is 4.69. The molecule has 0 radical (unpaired) electrons. The largest absolute Gasteiger partial charge is 0.497 e. The van der Waals surface area contributed by atoms with Crippen molar-refractivity contribution >= 4 is 0 Å². The number of methoxy groups -OCH3 is 1. The standard InChI is InChI=1S/C15H21NO/c1-17-14-8-5-12(6-9-14)15-10-7-13-4-2-3-11-16(13)15/h5-6,8-9,13,15H,2-4,7,10-11H2,1H3. The Balaban J connectivity index is 1.78. The molecule has 2 aliphatic heterocycles. The molecule has 2 heterocycles. The van der Waals surface area contributed by atoms with Gasteiger partial charge in [0.15, 0.2) is 0 Å². The Hall–Kier alpha value is -1.02. The van der Waals surface area contributed by atoms with E-state index < -0.39 is 0 Å². The molecular formula is C15H21NO. The number of piperidine rings is 1. The fourth-order valence-electron chi connectivity index (χ4n) is 3.44. The number of rotatable bonds is 2. The lowest BCUT2D eigenvalue weighted by atomic mass is 10.0. The smallest absolute Gasteiger partial charge is 0.118 e. The van der Waals surface area contributed by atoms with E-state index in [1.165, 1.54) is 44.2 Å². The summed E-state index contributed by atoms with van der Waals surface area (Å²) in [5, 5.41) is 0. The third kappa shape index (κ3) is 2.06. The summed E-state index contributed by atoms with van der Waals surface area (Å²) in [6, 6.07) is 10.2. The third-order valence-electron chi connectivity index (χ3n) is 4.35. The van der Waals surface area contributed by atoms with Gasteiger partial charge in [-0.3, -0.25) is 4.90 Å². The Kier molecular flexibility index (Phi) is 3.06. The number of fused-ring (bicyclic) bond motifs is 1. The highest BCUT2D eigenvalue weighted by Crippen LogP contribution is 2.40. The quantitative estimate of drug-likeness (QED) is 0.773. The highest BCUT2D eigenvalue weighted by molar-refractivity contribution is 5.29. The molecule has 0 aromatic heterocycles. The van der Waals surface area contributed by atoms with Crippen LogP contribution in [0, 0.1) is 0 Å². The van der Waals surface area contributed by atoms with Crippen LogP contribution in [0.5, 0.6) is 5.75 Å². The molecule has 2 heteroatoms. The predicted molar refractivity (Wildman–Crippen MR) is 69.3 cm³/mol. The van der Waals surface area contributed by atoms with Crippen LogP contribution in [-0.4, -0.2) is 24.6 Å². The second-order valence-electron chi connectivity index (χ2n) is 5.25. The lowest BCUT2D eigenvalue weighted by Gasteiger charge is -2.34. The molecule has 3 rings (SSSR count). The SMILES string of the molecule is COc1ccc(C2CCC3CCCCN32)cc1. The Morgan fingerprint density at radius 1 is 1.06 bits per heavy atom. The Labute approximate surface area is 104 Å². The van der Waals surface area contributed by atoms with Gasteiger partial charge < -0.3 is 4.74 Å². The van der Waals surface area contributed by atoms with Gasteiger partial charge in [-0.05, 0) is 49.9 Å². The lowest BCUT2D eigenvalue weighted by Crippen LogP contribution is -2.35. The van der Waals surface area contributed by atoms with Crippen molar-refractivity contribution in [2.24, 2.45) is 0 Å². The van der Waals surface area contributed by atoms with Gasteiger partial charge in [0.2, 0.25) is 0 Å². The predicted octanol–water partition coefficient (Wildman–Crippen LogP) is 3.38. The van der Waals surface area contributed by atoms with Crippen molar-refractivity contribution in [2.75, 3.05) is 13.7 Å². The molecule has 2 saturated heterocycles. The molecule has 92 valence electrons. The van der Waals surface area contributed by atoms with Crippen molar-refractivity contribution in [1.29, 1.82) is 0 Å². The van der Waals surface area contributed by atoms with Crippen molar-refractivity contribution in [3.05, 3.63) is 29.8 Å².